The average molecular weight is 759 g/mol. The van der Waals surface area contributed by atoms with Crippen LogP contribution in [0.25, 0.3) is 22.0 Å². The van der Waals surface area contributed by atoms with Crippen molar-refractivity contribution in [2.24, 2.45) is 0 Å². The van der Waals surface area contributed by atoms with Crippen molar-refractivity contribution in [3.8, 4) is 11.1 Å². The van der Waals surface area contributed by atoms with Crippen molar-refractivity contribution in [2.75, 3.05) is 36.5 Å². The van der Waals surface area contributed by atoms with Crippen LogP contribution in [0, 0.1) is 6.92 Å². The van der Waals surface area contributed by atoms with Gasteiger partial charge in [-0.1, -0.05) is 13.3 Å². The number of nitrogens with zero attached hydrogens (tertiary/aromatic N) is 7. The van der Waals surface area contributed by atoms with Crippen LogP contribution in [0.3, 0.4) is 0 Å². The third-order valence-corrected chi connectivity index (χ3v) is 10.9. The normalized spacial score (nSPS) is 15.3. The second-order valence-corrected chi connectivity index (χ2v) is 15.2. The fourth-order valence-corrected chi connectivity index (χ4v) is 7.91. The van der Waals surface area contributed by atoms with Crippen molar-refractivity contribution in [2.45, 2.75) is 85.0 Å². The molecule has 7 rings (SSSR count). The van der Waals surface area contributed by atoms with Gasteiger partial charge in [-0.2, -0.15) is 5.10 Å². The van der Waals surface area contributed by atoms with Gasteiger partial charge in [-0.3, -0.25) is 39.2 Å². The molecule has 0 aliphatic carbocycles. The van der Waals surface area contributed by atoms with Crippen LogP contribution in [0.2, 0.25) is 0 Å². The van der Waals surface area contributed by atoms with Crippen LogP contribution in [-0.2, 0) is 24.3 Å². The van der Waals surface area contributed by atoms with Crippen LogP contribution in [-0.4, -0.2) is 80.2 Å². The lowest BCUT2D eigenvalue weighted by Crippen LogP contribution is -2.50. The third-order valence-electron chi connectivity index (χ3n) is 10.9. The Morgan fingerprint density at radius 2 is 1.80 bits per heavy atom. The van der Waals surface area contributed by atoms with E-state index in [2.05, 4.69) is 75.5 Å². The second kappa shape index (κ2) is 16.5. The summed E-state index contributed by atoms with van der Waals surface area (Å²) in [5.41, 5.74) is 6.97. The number of rotatable bonds is 12. The molecular weight excluding hydrogens is 709 g/mol. The molecule has 0 bridgehead atoms. The van der Waals surface area contributed by atoms with E-state index in [0.717, 1.165) is 89.1 Å². The molecule has 56 heavy (non-hydrogen) atoms. The van der Waals surface area contributed by atoms with Crippen molar-refractivity contribution in [3.05, 3.63) is 99.5 Å². The van der Waals surface area contributed by atoms with Gasteiger partial charge >= 0.3 is 6.03 Å². The van der Waals surface area contributed by atoms with Gasteiger partial charge in [0.05, 0.1) is 29.2 Å². The number of pyridine rings is 3. The molecular formula is C42H50N10O4. The SMILES string of the molecule is CCCc1cc(C)[nH]c(=O)c1CNC(=O)c1cc(-c2ccc(N3CCC(N(C)Cc4ccncc4N4CCC(=O)NC4=O)CC3)nc2)cc2c1cnn2C(C)C. The molecule has 14 heteroatoms. The van der Waals surface area contributed by atoms with Crippen LogP contribution in [0.15, 0.2) is 66.0 Å². The first kappa shape index (κ1) is 38.4. The van der Waals surface area contributed by atoms with Crippen LogP contribution in [0.1, 0.15) is 85.2 Å². The van der Waals surface area contributed by atoms with Gasteiger partial charge in [0.25, 0.3) is 11.5 Å². The predicted molar refractivity (Wildman–Crippen MR) is 217 cm³/mol. The van der Waals surface area contributed by atoms with Gasteiger partial charge in [-0.15, -0.1) is 0 Å². The number of piperidine rings is 1. The Balaban J connectivity index is 1.04. The van der Waals surface area contributed by atoms with Crippen molar-refractivity contribution >= 4 is 40.3 Å². The number of carbonyl (C=O) groups is 3. The number of aryl methyl sites for hydroxylation is 2. The smallest absolute Gasteiger partial charge is 0.328 e. The van der Waals surface area contributed by atoms with E-state index in [1.807, 2.05) is 42.1 Å². The van der Waals surface area contributed by atoms with E-state index < -0.39 is 6.03 Å². The molecule has 2 fully saturated rings. The Labute approximate surface area is 326 Å². The number of hydrogen-bond acceptors (Lipinski definition) is 9. The summed E-state index contributed by atoms with van der Waals surface area (Å²) in [6, 6.07) is 12.0. The largest absolute Gasteiger partial charge is 0.357 e. The molecule has 0 unspecified atom stereocenters. The van der Waals surface area contributed by atoms with E-state index in [1.54, 1.807) is 23.5 Å². The van der Waals surface area contributed by atoms with Crippen LogP contribution < -0.4 is 26.0 Å². The maximum absolute atomic E-state index is 13.9. The summed E-state index contributed by atoms with van der Waals surface area (Å²) < 4.78 is 1.92. The molecule has 2 aliphatic heterocycles. The van der Waals surface area contributed by atoms with E-state index in [9.17, 15) is 19.2 Å². The molecule has 0 saturated carbocycles. The molecule has 2 aliphatic rings. The molecule has 1 aromatic carbocycles. The first-order chi connectivity index (χ1) is 27.0. The van der Waals surface area contributed by atoms with Crippen LogP contribution in [0.4, 0.5) is 16.3 Å². The summed E-state index contributed by atoms with van der Waals surface area (Å²) in [5.74, 6) is 0.369. The fourth-order valence-electron chi connectivity index (χ4n) is 7.91. The highest BCUT2D eigenvalue weighted by atomic mass is 16.2. The molecule has 5 aromatic rings. The Bertz CT molecular complexity index is 2310. The standard InChI is InChI=1S/C42H50N10O4/c1-6-7-28-18-27(4)47-41(55)34(28)22-45-40(54)33-19-31(20-36-35(33)23-46-52(36)26(2)3)29-8-9-38(44-21-29)50-15-11-32(12-16-50)49(5)25-30-10-14-43-24-37(30)51-17-13-39(53)48-42(51)56/h8-10,14,18-21,23-24,26,32H,6-7,11-13,15-17,22,25H2,1-5H3,(H,45,54)(H,47,55)(H,48,53,56). The second-order valence-electron chi connectivity index (χ2n) is 15.2. The van der Waals surface area contributed by atoms with Gasteiger partial charge in [-0.25, -0.2) is 9.78 Å². The van der Waals surface area contributed by atoms with E-state index >= 15 is 0 Å². The molecule has 0 radical (unpaired) electrons. The highest BCUT2D eigenvalue weighted by molar-refractivity contribution is 6.08. The minimum absolute atomic E-state index is 0.0821. The number of H-pyrrole nitrogens is 1. The van der Waals surface area contributed by atoms with Crippen LogP contribution in [0.5, 0.6) is 0 Å². The molecule has 292 valence electrons. The predicted octanol–water partition coefficient (Wildman–Crippen LogP) is 5.50. The lowest BCUT2D eigenvalue weighted by Gasteiger charge is -2.38. The third kappa shape index (κ3) is 8.06. The molecule has 0 spiro atoms. The quantitative estimate of drug-likeness (QED) is 0.149. The number of benzene rings is 1. The molecule has 3 N–H and O–H groups in total. The Kier molecular flexibility index (Phi) is 11.3. The monoisotopic (exact) mass is 758 g/mol. The molecule has 6 heterocycles. The Hall–Kier alpha value is -5.89. The van der Waals surface area contributed by atoms with E-state index in [1.165, 1.54) is 0 Å². The van der Waals surface area contributed by atoms with E-state index in [-0.39, 0.29) is 36.4 Å². The Morgan fingerprint density at radius 3 is 2.52 bits per heavy atom. The first-order valence-electron chi connectivity index (χ1n) is 19.5. The number of carbonyl (C=O) groups excluding carboxylic acids is 3. The van der Waals surface area contributed by atoms with E-state index in [0.29, 0.717) is 30.3 Å². The number of imide groups is 1. The molecule has 4 amide bonds. The highest BCUT2D eigenvalue weighted by Crippen LogP contribution is 2.31. The van der Waals surface area contributed by atoms with Crippen molar-refractivity contribution < 1.29 is 14.4 Å². The molecule has 2 saturated heterocycles. The Morgan fingerprint density at radius 1 is 1.00 bits per heavy atom. The minimum atomic E-state index is -0.410. The van der Waals surface area contributed by atoms with Crippen molar-refractivity contribution in [1.29, 1.82) is 0 Å². The highest BCUT2D eigenvalue weighted by Gasteiger charge is 2.28. The number of anilines is 2. The minimum Gasteiger partial charge on any atom is -0.357 e. The molecule has 14 nitrogen and oxygen atoms in total. The summed E-state index contributed by atoms with van der Waals surface area (Å²) in [5, 5.41) is 10.8. The van der Waals surface area contributed by atoms with Gasteiger partial charge in [0.2, 0.25) is 5.91 Å². The van der Waals surface area contributed by atoms with Gasteiger partial charge in [-0.05, 0) is 100 Å². The first-order valence-corrected chi connectivity index (χ1v) is 19.5. The van der Waals surface area contributed by atoms with Crippen LogP contribution >= 0.6 is 0 Å². The van der Waals surface area contributed by atoms with Gasteiger partial charge in [0.15, 0.2) is 0 Å². The van der Waals surface area contributed by atoms with Gasteiger partial charge in [0.1, 0.15) is 5.82 Å². The summed E-state index contributed by atoms with van der Waals surface area (Å²) in [6.45, 7) is 10.9. The lowest BCUT2D eigenvalue weighted by atomic mass is 10.00. The maximum Gasteiger partial charge on any atom is 0.328 e. The number of hydrogen-bond donors (Lipinski definition) is 3. The lowest BCUT2D eigenvalue weighted by molar-refractivity contribution is -0.120. The van der Waals surface area contributed by atoms with Crippen molar-refractivity contribution in [3.63, 3.8) is 0 Å². The summed E-state index contributed by atoms with van der Waals surface area (Å²) in [6.07, 6.45) is 10.8. The number of fused-ring (bicyclic) bond motifs is 1. The van der Waals surface area contributed by atoms with Crippen molar-refractivity contribution in [1.82, 2.24) is 40.3 Å². The fraction of sp³-hybridized carbons (Fsp3) is 0.405. The topological polar surface area (TPSA) is 161 Å². The summed E-state index contributed by atoms with van der Waals surface area (Å²) in [4.78, 5) is 69.3. The van der Waals surface area contributed by atoms with Gasteiger partial charge < -0.3 is 15.2 Å². The molecule has 0 atom stereocenters. The zero-order chi connectivity index (χ0) is 39.5. The number of aromatic amines is 1. The number of aromatic nitrogens is 5. The van der Waals surface area contributed by atoms with E-state index in [4.69, 9.17) is 4.98 Å². The average Bonchev–Trinajstić information content (AvgIpc) is 3.62. The number of amides is 4. The number of nitrogens with one attached hydrogen (secondary N) is 3. The maximum atomic E-state index is 13.9. The zero-order valence-corrected chi connectivity index (χ0v) is 32.8. The summed E-state index contributed by atoms with van der Waals surface area (Å²) in [7, 11) is 2.11. The zero-order valence-electron chi connectivity index (χ0n) is 32.8. The van der Waals surface area contributed by atoms with Gasteiger partial charge in [0, 0.05) is 85.8 Å². The molecule has 4 aromatic heterocycles. The number of urea groups is 1. The summed E-state index contributed by atoms with van der Waals surface area (Å²) >= 11 is 0.